The highest BCUT2D eigenvalue weighted by molar-refractivity contribution is 6.04. The third-order valence-electron chi connectivity index (χ3n) is 3.88. The number of amides is 1. The number of nitrogens with one attached hydrogen (secondary N) is 1. The van der Waals surface area contributed by atoms with Crippen LogP contribution in [0.4, 0.5) is 32.0 Å². The van der Waals surface area contributed by atoms with E-state index in [1.54, 1.807) is 6.92 Å². The van der Waals surface area contributed by atoms with E-state index in [9.17, 15) is 31.1 Å². The van der Waals surface area contributed by atoms with Crippen molar-refractivity contribution in [1.82, 2.24) is 15.4 Å². The Hall–Kier alpha value is -2.95. The minimum Gasteiger partial charge on any atom is -0.268 e. The minimum absolute atomic E-state index is 0.0685. The van der Waals surface area contributed by atoms with Crippen LogP contribution in [0.2, 0.25) is 0 Å². The van der Waals surface area contributed by atoms with Crippen molar-refractivity contribution in [2.45, 2.75) is 25.3 Å². The lowest BCUT2D eigenvalue weighted by Gasteiger charge is -2.30. The molecular weight excluding hydrogens is 390 g/mol. The molecule has 1 aliphatic heterocycles. The zero-order valence-electron chi connectivity index (χ0n) is 14.1. The average Bonchev–Trinajstić information content (AvgIpc) is 2.62. The van der Waals surface area contributed by atoms with Gasteiger partial charge in [0.2, 0.25) is 0 Å². The molecule has 1 aliphatic rings. The molecule has 0 bridgehead atoms. The van der Waals surface area contributed by atoms with Crippen molar-refractivity contribution in [2.75, 3.05) is 5.01 Å². The number of carbonyl (C=O) groups is 1. The number of aromatic nitrogens is 2. The van der Waals surface area contributed by atoms with Crippen molar-refractivity contribution in [3.8, 4) is 11.3 Å². The first-order chi connectivity index (χ1) is 13.0. The first kappa shape index (κ1) is 19.8. The fourth-order valence-electron chi connectivity index (χ4n) is 2.57. The van der Waals surface area contributed by atoms with Crippen molar-refractivity contribution in [3.63, 3.8) is 0 Å². The first-order valence-corrected chi connectivity index (χ1v) is 7.86. The molecule has 1 atom stereocenters. The highest BCUT2D eigenvalue weighted by Crippen LogP contribution is 2.38. The number of hydrogen-bond acceptors (Lipinski definition) is 4. The number of benzene rings is 1. The topological polar surface area (TPSA) is 58.1 Å². The molecule has 1 unspecified atom stereocenters. The molecule has 0 aliphatic carbocycles. The zero-order chi connectivity index (χ0) is 20.7. The summed E-state index contributed by atoms with van der Waals surface area (Å²) in [5.41, 5.74) is -0.429. The van der Waals surface area contributed by atoms with Gasteiger partial charge in [-0.2, -0.15) is 26.3 Å². The molecule has 3 rings (SSSR count). The summed E-state index contributed by atoms with van der Waals surface area (Å²) in [4.78, 5) is 19.0. The molecule has 0 saturated heterocycles. The van der Waals surface area contributed by atoms with E-state index in [0.29, 0.717) is 18.5 Å². The smallest absolute Gasteiger partial charge is 0.268 e. The number of hydrazine groups is 1. The average molecular weight is 402 g/mol. The molecule has 0 radical (unpaired) electrons. The second-order valence-electron chi connectivity index (χ2n) is 5.97. The number of anilines is 1. The molecule has 1 N–H and O–H groups in total. The van der Waals surface area contributed by atoms with Crippen LogP contribution in [0.15, 0.2) is 42.7 Å². The number of hydrogen-bond donors (Lipinski definition) is 1. The second kappa shape index (κ2) is 6.89. The summed E-state index contributed by atoms with van der Waals surface area (Å²) in [7, 11) is 0. The van der Waals surface area contributed by atoms with Crippen LogP contribution in [0, 0.1) is 0 Å². The van der Waals surface area contributed by atoms with E-state index in [-0.39, 0.29) is 17.3 Å². The molecule has 1 amide bonds. The van der Waals surface area contributed by atoms with Crippen LogP contribution in [0.5, 0.6) is 0 Å². The predicted octanol–water partition coefficient (Wildman–Crippen LogP) is 3.98. The number of halogens is 6. The van der Waals surface area contributed by atoms with Crippen LogP contribution in [0.1, 0.15) is 18.2 Å². The summed E-state index contributed by atoms with van der Waals surface area (Å²) in [6.45, 7) is 1.69. The molecule has 1 aromatic heterocycles. The molecule has 11 heteroatoms. The van der Waals surface area contributed by atoms with Gasteiger partial charge in [-0.3, -0.25) is 4.79 Å². The lowest BCUT2D eigenvalue weighted by atomic mass is 10.0. The van der Waals surface area contributed by atoms with Gasteiger partial charge in [0.1, 0.15) is 12.0 Å². The third kappa shape index (κ3) is 3.98. The standard InChI is InChI=1S/C17H12F6N4O/c1-9-2-5-15(28)27(26-9)13-4-3-10(16(18,19)20)6-11(13)12-7-14(17(21,22)23)25-8-24-12/h2-9,26H,1H3. The van der Waals surface area contributed by atoms with Crippen molar-refractivity contribution in [2.24, 2.45) is 0 Å². The Morgan fingerprint density at radius 2 is 1.75 bits per heavy atom. The Morgan fingerprint density at radius 3 is 2.39 bits per heavy atom. The number of rotatable bonds is 2. The molecular formula is C17H12F6N4O. The van der Waals surface area contributed by atoms with Crippen LogP contribution >= 0.6 is 0 Å². The Morgan fingerprint density at radius 1 is 1.04 bits per heavy atom. The van der Waals surface area contributed by atoms with E-state index in [1.165, 1.54) is 12.2 Å². The van der Waals surface area contributed by atoms with Crippen molar-refractivity contribution < 1.29 is 31.1 Å². The fourth-order valence-corrected chi connectivity index (χ4v) is 2.57. The summed E-state index contributed by atoms with van der Waals surface area (Å²) in [5, 5.41) is 0.968. The van der Waals surface area contributed by atoms with Crippen LogP contribution in [-0.4, -0.2) is 21.9 Å². The third-order valence-corrected chi connectivity index (χ3v) is 3.88. The monoisotopic (exact) mass is 402 g/mol. The first-order valence-electron chi connectivity index (χ1n) is 7.86. The quantitative estimate of drug-likeness (QED) is 0.773. The molecule has 0 spiro atoms. The molecule has 0 fully saturated rings. The van der Waals surface area contributed by atoms with Gasteiger partial charge in [-0.05, 0) is 31.2 Å². The fraction of sp³-hybridized carbons (Fsp3) is 0.235. The van der Waals surface area contributed by atoms with Gasteiger partial charge < -0.3 is 0 Å². The summed E-state index contributed by atoms with van der Waals surface area (Å²) in [6.07, 6.45) is -6.19. The Labute approximate surface area is 154 Å². The van der Waals surface area contributed by atoms with Gasteiger partial charge in [0.25, 0.3) is 5.91 Å². The van der Waals surface area contributed by atoms with Gasteiger partial charge in [-0.15, -0.1) is 0 Å². The van der Waals surface area contributed by atoms with E-state index in [0.717, 1.165) is 17.1 Å². The van der Waals surface area contributed by atoms with Crippen LogP contribution < -0.4 is 10.4 Å². The number of nitrogens with zero attached hydrogens (tertiary/aromatic N) is 3. The summed E-state index contributed by atoms with van der Waals surface area (Å²) in [5.74, 6) is -0.593. The SMILES string of the molecule is CC1C=CC(=O)N(c2ccc(C(F)(F)F)cc2-c2cc(C(F)(F)F)ncn2)N1. The highest BCUT2D eigenvalue weighted by Gasteiger charge is 2.35. The van der Waals surface area contributed by atoms with Gasteiger partial charge in [0, 0.05) is 17.7 Å². The van der Waals surface area contributed by atoms with Crippen molar-refractivity contribution >= 4 is 11.6 Å². The summed E-state index contributed by atoms with van der Waals surface area (Å²) in [6, 6.07) is 2.60. The Balaban J connectivity index is 2.20. The van der Waals surface area contributed by atoms with Crippen molar-refractivity contribution in [3.05, 3.63) is 54.0 Å². The molecule has 1 aromatic carbocycles. The van der Waals surface area contributed by atoms with E-state index in [1.807, 2.05) is 0 Å². The number of alkyl halides is 6. The normalized spacial score (nSPS) is 17.9. The van der Waals surface area contributed by atoms with Gasteiger partial charge in [0.15, 0.2) is 0 Å². The van der Waals surface area contributed by atoms with Gasteiger partial charge in [-0.25, -0.2) is 20.4 Å². The number of carbonyl (C=O) groups excluding carboxylic acids is 1. The summed E-state index contributed by atoms with van der Waals surface area (Å²) >= 11 is 0. The summed E-state index contributed by atoms with van der Waals surface area (Å²) < 4.78 is 78.3. The maximum Gasteiger partial charge on any atom is 0.433 e. The largest absolute Gasteiger partial charge is 0.433 e. The van der Waals surface area contributed by atoms with Crippen LogP contribution in [-0.2, 0) is 17.1 Å². The van der Waals surface area contributed by atoms with Gasteiger partial charge in [-0.1, -0.05) is 6.08 Å². The van der Waals surface area contributed by atoms with Crippen molar-refractivity contribution in [1.29, 1.82) is 0 Å². The molecule has 5 nitrogen and oxygen atoms in total. The van der Waals surface area contributed by atoms with E-state index in [4.69, 9.17) is 0 Å². The molecule has 148 valence electrons. The molecule has 2 aromatic rings. The maximum atomic E-state index is 13.1. The van der Waals surface area contributed by atoms with Gasteiger partial charge >= 0.3 is 12.4 Å². The zero-order valence-corrected chi connectivity index (χ0v) is 14.1. The van der Waals surface area contributed by atoms with Gasteiger partial charge in [0.05, 0.1) is 16.9 Å². The lowest BCUT2D eigenvalue weighted by Crippen LogP contribution is -2.49. The maximum absolute atomic E-state index is 13.1. The Kier molecular flexibility index (Phi) is 4.88. The van der Waals surface area contributed by atoms with Crippen LogP contribution in [0.25, 0.3) is 11.3 Å². The van der Waals surface area contributed by atoms with Crippen LogP contribution in [0.3, 0.4) is 0 Å². The van der Waals surface area contributed by atoms with E-state index in [2.05, 4.69) is 15.4 Å². The predicted molar refractivity (Wildman–Crippen MR) is 86.7 cm³/mol. The molecule has 0 saturated carbocycles. The second-order valence-corrected chi connectivity index (χ2v) is 5.97. The van der Waals surface area contributed by atoms with E-state index < -0.39 is 35.2 Å². The lowest BCUT2D eigenvalue weighted by molar-refractivity contribution is -0.141. The molecule has 2 heterocycles. The molecule has 28 heavy (non-hydrogen) atoms. The Bertz CT molecular complexity index is 938. The highest BCUT2D eigenvalue weighted by atomic mass is 19.4. The van der Waals surface area contributed by atoms with E-state index >= 15 is 0 Å². The minimum atomic E-state index is -4.81.